The topological polar surface area (TPSA) is 134 Å². The highest BCUT2D eigenvalue weighted by atomic mass is 35.5. The fraction of sp³-hybridized carbons (Fsp3) is 0.273. The van der Waals surface area contributed by atoms with Gasteiger partial charge in [0, 0.05) is 23.2 Å². The number of aromatic nitrogens is 3. The number of carboxylic acid groups (broad SMARTS) is 1. The number of rotatable bonds is 9. The van der Waals surface area contributed by atoms with E-state index >= 15 is 0 Å². The maximum atomic E-state index is 14.2. The minimum atomic E-state index is -1.23. The highest BCUT2D eigenvalue weighted by Crippen LogP contribution is 2.28. The Morgan fingerprint density at radius 2 is 2.00 bits per heavy atom. The summed E-state index contributed by atoms with van der Waals surface area (Å²) in [7, 11) is 0. The highest BCUT2D eigenvalue weighted by Gasteiger charge is 2.35. The van der Waals surface area contributed by atoms with Crippen molar-refractivity contribution < 1.29 is 19.1 Å². The molecule has 0 aliphatic carbocycles. The van der Waals surface area contributed by atoms with Crippen LogP contribution in [0.5, 0.6) is 0 Å². The summed E-state index contributed by atoms with van der Waals surface area (Å²) in [5.74, 6) is -1.92. The van der Waals surface area contributed by atoms with Gasteiger partial charge in [-0.15, -0.1) is 0 Å². The molecule has 2 aromatic carbocycles. The van der Waals surface area contributed by atoms with E-state index in [2.05, 4.69) is 20.7 Å². The zero-order chi connectivity index (χ0) is 23.3. The Morgan fingerprint density at radius 1 is 1.28 bits per heavy atom. The number of hydrogen-bond donors (Lipinski definition) is 4. The number of hydrogen-bond acceptors (Lipinski definition) is 5. The van der Waals surface area contributed by atoms with E-state index in [9.17, 15) is 19.1 Å². The average Bonchev–Trinajstić information content (AvgIpc) is 3.31. The number of carboxylic acids is 1. The zero-order valence-electron chi connectivity index (χ0n) is 17.3. The van der Waals surface area contributed by atoms with Gasteiger partial charge >= 0.3 is 5.97 Å². The number of nitrogens with two attached hydrogens (primary N) is 1. The van der Waals surface area contributed by atoms with Crippen LogP contribution in [0.3, 0.4) is 0 Å². The first-order chi connectivity index (χ1) is 15.2. The Balaban J connectivity index is 1.82. The van der Waals surface area contributed by atoms with Crippen molar-refractivity contribution >= 4 is 23.5 Å². The average molecular weight is 460 g/mol. The smallest absolute Gasteiger partial charge is 0.310 e. The summed E-state index contributed by atoms with van der Waals surface area (Å²) < 4.78 is 14.2. The molecule has 1 aromatic heterocycles. The molecule has 0 spiro atoms. The second kappa shape index (κ2) is 9.88. The van der Waals surface area contributed by atoms with Crippen molar-refractivity contribution in [1.82, 2.24) is 20.7 Å². The van der Waals surface area contributed by atoms with Crippen molar-refractivity contribution in [2.24, 2.45) is 11.1 Å². The molecule has 0 saturated heterocycles. The summed E-state index contributed by atoms with van der Waals surface area (Å²) in [6, 6.07) is 10.9. The lowest BCUT2D eigenvalue weighted by Gasteiger charge is -2.29. The van der Waals surface area contributed by atoms with Gasteiger partial charge in [0.25, 0.3) is 5.91 Å². The van der Waals surface area contributed by atoms with Crippen LogP contribution < -0.4 is 11.1 Å². The minimum absolute atomic E-state index is 0.0894. The second-order valence-corrected chi connectivity index (χ2v) is 8.26. The molecule has 1 heterocycles. The lowest BCUT2D eigenvalue weighted by atomic mass is 9.82. The molecule has 1 amide bonds. The Bertz CT molecular complexity index is 1090. The Morgan fingerprint density at radius 3 is 2.59 bits per heavy atom. The number of nitrogens with zero attached hydrogens (tertiary/aromatic N) is 2. The van der Waals surface area contributed by atoms with E-state index in [4.69, 9.17) is 17.3 Å². The molecule has 10 heteroatoms. The summed E-state index contributed by atoms with van der Waals surface area (Å²) in [6.07, 6.45) is 1.72. The Labute approximate surface area is 189 Å². The number of aliphatic carboxylic acids is 1. The number of aromatic amines is 1. The van der Waals surface area contributed by atoms with Gasteiger partial charge in [0.05, 0.1) is 11.6 Å². The fourth-order valence-electron chi connectivity index (χ4n) is 3.37. The van der Waals surface area contributed by atoms with Crippen LogP contribution in [0, 0.1) is 11.2 Å². The lowest BCUT2D eigenvalue weighted by molar-refractivity contribution is -0.148. The van der Waals surface area contributed by atoms with Crippen molar-refractivity contribution in [2.75, 3.05) is 6.54 Å². The predicted octanol–water partition coefficient (Wildman–Crippen LogP) is 3.04. The number of amides is 1. The van der Waals surface area contributed by atoms with E-state index in [0.717, 1.165) is 5.56 Å². The van der Waals surface area contributed by atoms with E-state index in [-0.39, 0.29) is 24.5 Å². The van der Waals surface area contributed by atoms with Gasteiger partial charge in [-0.25, -0.2) is 4.39 Å². The van der Waals surface area contributed by atoms with Crippen LogP contribution in [-0.2, 0) is 11.2 Å². The quantitative estimate of drug-likeness (QED) is 0.388. The van der Waals surface area contributed by atoms with Crippen LogP contribution in [-0.4, -0.2) is 45.0 Å². The zero-order valence-corrected chi connectivity index (χ0v) is 18.1. The molecule has 3 rings (SSSR count). The third kappa shape index (κ3) is 5.49. The van der Waals surface area contributed by atoms with Crippen molar-refractivity contribution in [3.05, 3.63) is 70.8 Å². The molecule has 0 fully saturated rings. The van der Waals surface area contributed by atoms with Gasteiger partial charge in [0.1, 0.15) is 5.82 Å². The summed E-state index contributed by atoms with van der Waals surface area (Å²) in [5, 5.41) is 22.6. The lowest BCUT2D eigenvalue weighted by Crippen LogP contribution is -2.45. The van der Waals surface area contributed by atoms with Crippen molar-refractivity contribution in [2.45, 2.75) is 25.8 Å². The molecule has 0 saturated carbocycles. The van der Waals surface area contributed by atoms with E-state index in [1.54, 1.807) is 30.3 Å². The Kier molecular flexibility index (Phi) is 7.22. The van der Waals surface area contributed by atoms with Gasteiger partial charge in [-0.05, 0) is 49.1 Å². The third-order valence-electron chi connectivity index (χ3n) is 5.32. The molecule has 5 N–H and O–H groups in total. The third-order valence-corrected chi connectivity index (χ3v) is 5.56. The maximum absolute atomic E-state index is 14.2. The summed E-state index contributed by atoms with van der Waals surface area (Å²) in [5.41, 5.74) is 6.43. The van der Waals surface area contributed by atoms with Crippen LogP contribution in [0.25, 0.3) is 11.1 Å². The number of carbonyl (C=O) groups excluding carboxylic acids is 1. The molecular weight excluding hydrogens is 437 g/mol. The van der Waals surface area contributed by atoms with E-state index in [1.165, 1.54) is 25.3 Å². The molecule has 0 aliphatic heterocycles. The van der Waals surface area contributed by atoms with Gasteiger partial charge < -0.3 is 16.2 Å². The predicted molar refractivity (Wildman–Crippen MR) is 118 cm³/mol. The molecular formula is C22H23ClFN5O3. The van der Waals surface area contributed by atoms with Gasteiger partial charge in [0.2, 0.25) is 0 Å². The molecule has 0 radical (unpaired) electrons. The molecule has 0 bridgehead atoms. The van der Waals surface area contributed by atoms with Crippen LogP contribution >= 0.6 is 11.6 Å². The van der Waals surface area contributed by atoms with E-state index in [1.807, 2.05) is 0 Å². The van der Waals surface area contributed by atoms with Crippen LogP contribution in [0.15, 0.2) is 48.7 Å². The fourth-order valence-corrected chi connectivity index (χ4v) is 3.54. The Hall–Kier alpha value is -3.30. The molecule has 8 nitrogen and oxygen atoms in total. The minimum Gasteiger partial charge on any atom is -0.481 e. The summed E-state index contributed by atoms with van der Waals surface area (Å²) in [4.78, 5) is 24.2. The van der Waals surface area contributed by atoms with Gasteiger partial charge in [0.15, 0.2) is 5.69 Å². The highest BCUT2D eigenvalue weighted by molar-refractivity contribution is 6.30. The van der Waals surface area contributed by atoms with Gasteiger partial charge in [-0.1, -0.05) is 35.9 Å². The summed E-state index contributed by atoms with van der Waals surface area (Å²) >= 11 is 5.98. The number of H-pyrrole nitrogens is 1. The first-order valence-electron chi connectivity index (χ1n) is 9.86. The number of carbonyl (C=O) groups is 2. The maximum Gasteiger partial charge on any atom is 0.310 e. The molecule has 32 heavy (non-hydrogen) atoms. The molecule has 168 valence electrons. The van der Waals surface area contributed by atoms with Gasteiger partial charge in [-0.3, -0.25) is 9.59 Å². The normalized spacial score (nSPS) is 13.9. The van der Waals surface area contributed by atoms with Crippen molar-refractivity contribution in [3.8, 4) is 11.1 Å². The monoisotopic (exact) mass is 459 g/mol. The number of benzene rings is 2. The van der Waals surface area contributed by atoms with E-state index < -0.39 is 23.3 Å². The molecule has 2 atom stereocenters. The SMILES string of the molecule is CC(CN)(C[C@@H](Cc1ccc(-c2cc(Cl)ccc2F)cc1)NC(=O)c1cn[nH]n1)C(=O)O. The standard InChI is InChI=1S/C22H23ClFN5O3/c1-22(12-25,21(31)32)10-16(27-20(30)19-11-26-29-28-19)8-13-2-4-14(5-3-13)17-9-15(23)6-7-18(17)24/h2-7,9,11,16H,8,10,12,25H2,1H3,(H,27,30)(H,31,32)(H,26,28,29)/t16-,22?/m1/s1. The van der Waals surface area contributed by atoms with Crippen LogP contribution in [0.4, 0.5) is 4.39 Å². The number of nitrogens with one attached hydrogen (secondary N) is 2. The molecule has 1 unspecified atom stereocenters. The largest absolute Gasteiger partial charge is 0.481 e. The molecule has 0 aliphatic rings. The number of halogens is 2. The first kappa shape index (κ1) is 23.4. The van der Waals surface area contributed by atoms with E-state index in [0.29, 0.717) is 22.6 Å². The van der Waals surface area contributed by atoms with Gasteiger partial charge in [-0.2, -0.15) is 15.4 Å². The molecule has 3 aromatic rings. The summed E-state index contributed by atoms with van der Waals surface area (Å²) in [6.45, 7) is 1.45. The van der Waals surface area contributed by atoms with Crippen molar-refractivity contribution in [3.63, 3.8) is 0 Å². The second-order valence-electron chi connectivity index (χ2n) is 7.82. The van der Waals surface area contributed by atoms with Crippen LogP contribution in [0.1, 0.15) is 29.4 Å². The van der Waals surface area contributed by atoms with Crippen LogP contribution in [0.2, 0.25) is 5.02 Å². The first-order valence-corrected chi connectivity index (χ1v) is 10.2. The van der Waals surface area contributed by atoms with Crippen molar-refractivity contribution in [1.29, 1.82) is 0 Å².